The van der Waals surface area contributed by atoms with E-state index in [4.69, 9.17) is 9.47 Å². The van der Waals surface area contributed by atoms with Crippen LogP contribution in [0.25, 0.3) is 0 Å². The maximum absolute atomic E-state index is 5.33. The van der Waals surface area contributed by atoms with E-state index in [0.29, 0.717) is 12.2 Å². The van der Waals surface area contributed by atoms with E-state index in [9.17, 15) is 0 Å². The van der Waals surface area contributed by atoms with Gasteiger partial charge < -0.3 is 9.47 Å². The fourth-order valence-electron chi connectivity index (χ4n) is 1.17. The molecular weight excluding hydrogens is 116 g/mol. The molecule has 0 aromatic heterocycles. The Morgan fingerprint density at radius 1 is 1.56 bits per heavy atom. The summed E-state index contributed by atoms with van der Waals surface area (Å²) in [4.78, 5) is 0. The van der Waals surface area contributed by atoms with Crippen molar-refractivity contribution in [3.8, 4) is 0 Å². The second kappa shape index (κ2) is 3.18. The Labute approximate surface area is 56.2 Å². The van der Waals surface area contributed by atoms with Gasteiger partial charge in [-0.1, -0.05) is 0 Å². The predicted molar refractivity (Wildman–Crippen MR) is 35.4 cm³/mol. The van der Waals surface area contributed by atoms with Gasteiger partial charge in [0.05, 0.1) is 12.2 Å². The van der Waals surface area contributed by atoms with Crippen LogP contribution in [0.1, 0.15) is 19.8 Å². The number of methoxy groups -OCH3 is 1. The summed E-state index contributed by atoms with van der Waals surface area (Å²) in [6, 6.07) is 0. The fourth-order valence-corrected chi connectivity index (χ4v) is 1.17. The van der Waals surface area contributed by atoms with Gasteiger partial charge >= 0.3 is 0 Å². The van der Waals surface area contributed by atoms with Gasteiger partial charge in [-0.15, -0.1) is 0 Å². The monoisotopic (exact) mass is 130 g/mol. The Morgan fingerprint density at radius 3 is 2.78 bits per heavy atom. The standard InChI is InChI=1S/C7H14O2/c1-6-5-7(8-2)3-4-9-6/h6-7H,3-5H2,1-2H3/t6-,7-/m0/s1. The molecular formula is C7H14O2. The van der Waals surface area contributed by atoms with Crippen LogP contribution in [0.4, 0.5) is 0 Å². The van der Waals surface area contributed by atoms with E-state index in [1.54, 1.807) is 7.11 Å². The van der Waals surface area contributed by atoms with Crippen molar-refractivity contribution in [2.75, 3.05) is 13.7 Å². The quantitative estimate of drug-likeness (QED) is 0.531. The number of rotatable bonds is 1. The molecule has 0 saturated carbocycles. The molecule has 2 nitrogen and oxygen atoms in total. The Balaban J connectivity index is 2.23. The van der Waals surface area contributed by atoms with Gasteiger partial charge in [-0.2, -0.15) is 0 Å². The van der Waals surface area contributed by atoms with Crippen LogP contribution in [0.5, 0.6) is 0 Å². The van der Waals surface area contributed by atoms with E-state index in [2.05, 4.69) is 6.92 Å². The third kappa shape index (κ3) is 1.95. The third-order valence-electron chi connectivity index (χ3n) is 1.77. The number of hydrogen-bond acceptors (Lipinski definition) is 2. The Kier molecular flexibility index (Phi) is 2.49. The molecule has 0 unspecified atom stereocenters. The van der Waals surface area contributed by atoms with Crippen LogP contribution in [-0.2, 0) is 9.47 Å². The minimum atomic E-state index is 0.392. The average Bonchev–Trinajstić information content (AvgIpc) is 1.88. The molecule has 0 aromatic rings. The largest absolute Gasteiger partial charge is 0.381 e. The summed E-state index contributed by atoms with van der Waals surface area (Å²) >= 11 is 0. The van der Waals surface area contributed by atoms with Gasteiger partial charge in [-0.05, 0) is 19.8 Å². The molecule has 2 heteroatoms. The molecule has 1 fully saturated rings. The minimum Gasteiger partial charge on any atom is -0.381 e. The predicted octanol–water partition coefficient (Wildman–Crippen LogP) is 1.20. The molecule has 0 N–H and O–H groups in total. The van der Waals surface area contributed by atoms with Gasteiger partial charge in [0.1, 0.15) is 0 Å². The first-order chi connectivity index (χ1) is 4.33. The van der Waals surface area contributed by atoms with Gasteiger partial charge in [0.2, 0.25) is 0 Å². The molecule has 0 radical (unpaired) electrons. The summed E-state index contributed by atoms with van der Waals surface area (Å²) in [5.41, 5.74) is 0. The van der Waals surface area contributed by atoms with Crippen molar-refractivity contribution in [1.82, 2.24) is 0 Å². The first kappa shape index (κ1) is 7.03. The number of ether oxygens (including phenoxy) is 2. The fraction of sp³-hybridized carbons (Fsp3) is 1.00. The van der Waals surface area contributed by atoms with Crippen molar-refractivity contribution in [3.63, 3.8) is 0 Å². The van der Waals surface area contributed by atoms with Crippen LogP contribution in [-0.4, -0.2) is 25.9 Å². The lowest BCUT2D eigenvalue weighted by Crippen LogP contribution is -2.27. The summed E-state index contributed by atoms with van der Waals surface area (Å²) in [5, 5.41) is 0. The maximum atomic E-state index is 5.33. The van der Waals surface area contributed by atoms with Crippen LogP contribution in [0, 0.1) is 0 Å². The van der Waals surface area contributed by atoms with E-state index in [1.165, 1.54) is 0 Å². The summed E-state index contributed by atoms with van der Waals surface area (Å²) < 4.78 is 10.5. The van der Waals surface area contributed by atoms with Gasteiger partial charge in [0, 0.05) is 13.7 Å². The molecule has 2 atom stereocenters. The van der Waals surface area contributed by atoms with Gasteiger partial charge in [0.15, 0.2) is 0 Å². The molecule has 1 saturated heterocycles. The summed E-state index contributed by atoms with van der Waals surface area (Å²) in [7, 11) is 1.77. The molecule has 0 bridgehead atoms. The second-order valence-electron chi connectivity index (χ2n) is 2.56. The minimum absolute atomic E-state index is 0.392. The molecule has 1 aliphatic rings. The van der Waals surface area contributed by atoms with Crippen LogP contribution in [0.2, 0.25) is 0 Å². The van der Waals surface area contributed by atoms with Gasteiger partial charge in [-0.25, -0.2) is 0 Å². The van der Waals surface area contributed by atoms with Crippen LogP contribution in [0.3, 0.4) is 0 Å². The molecule has 54 valence electrons. The topological polar surface area (TPSA) is 18.5 Å². The molecule has 1 rings (SSSR count). The van der Waals surface area contributed by atoms with E-state index in [0.717, 1.165) is 19.4 Å². The average molecular weight is 130 g/mol. The van der Waals surface area contributed by atoms with E-state index in [-0.39, 0.29) is 0 Å². The van der Waals surface area contributed by atoms with Crippen LogP contribution >= 0.6 is 0 Å². The van der Waals surface area contributed by atoms with Crippen molar-refractivity contribution in [1.29, 1.82) is 0 Å². The second-order valence-corrected chi connectivity index (χ2v) is 2.56. The van der Waals surface area contributed by atoms with Crippen molar-refractivity contribution in [2.45, 2.75) is 32.0 Å². The summed E-state index contributed by atoms with van der Waals surface area (Å²) in [6.45, 7) is 2.95. The number of hydrogen-bond donors (Lipinski definition) is 0. The molecule has 0 amide bonds. The molecule has 0 aromatic carbocycles. The molecule has 0 spiro atoms. The van der Waals surface area contributed by atoms with Crippen molar-refractivity contribution >= 4 is 0 Å². The maximum Gasteiger partial charge on any atom is 0.0617 e. The Bertz CT molecular complexity index is 83.0. The summed E-state index contributed by atoms with van der Waals surface area (Å²) in [6.07, 6.45) is 2.94. The highest BCUT2D eigenvalue weighted by Crippen LogP contribution is 2.14. The first-order valence-corrected chi connectivity index (χ1v) is 3.47. The lowest BCUT2D eigenvalue weighted by molar-refractivity contribution is -0.0503. The van der Waals surface area contributed by atoms with E-state index in [1.807, 2.05) is 0 Å². The highest BCUT2D eigenvalue weighted by Gasteiger charge is 2.17. The van der Waals surface area contributed by atoms with Crippen molar-refractivity contribution < 1.29 is 9.47 Å². The van der Waals surface area contributed by atoms with Crippen LogP contribution < -0.4 is 0 Å². The van der Waals surface area contributed by atoms with Crippen molar-refractivity contribution in [3.05, 3.63) is 0 Å². The highest BCUT2D eigenvalue weighted by atomic mass is 16.5. The van der Waals surface area contributed by atoms with E-state index < -0.39 is 0 Å². The zero-order valence-corrected chi connectivity index (χ0v) is 6.09. The Morgan fingerprint density at radius 2 is 2.33 bits per heavy atom. The lowest BCUT2D eigenvalue weighted by atomic mass is 10.1. The molecule has 9 heavy (non-hydrogen) atoms. The highest BCUT2D eigenvalue weighted by molar-refractivity contribution is 4.67. The molecule has 0 aliphatic carbocycles. The zero-order chi connectivity index (χ0) is 6.69. The van der Waals surface area contributed by atoms with Gasteiger partial charge in [0.25, 0.3) is 0 Å². The Hall–Kier alpha value is -0.0800. The molecule has 1 heterocycles. The SMILES string of the molecule is CO[C@H]1CCO[C@@H](C)C1. The first-order valence-electron chi connectivity index (χ1n) is 3.47. The third-order valence-corrected chi connectivity index (χ3v) is 1.77. The lowest BCUT2D eigenvalue weighted by Gasteiger charge is -2.25. The zero-order valence-electron chi connectivity index (χ0n) is 6.09. The van der Waals surface area contributed by atoms with E-state index >= 15 is 0 Å². The normalized spacial score (nSPS) is 36.7. The van der Waals surface area contributed by atoms with Crippen LogP contribution in [0.15, 0.2) is 0 Å². The smallest absolute Gasteiger partial charge is 0.0617 e. The van der Waals surface area contributed by atoms with Crippen molar-refractivity contribution in [2.24, 2.45) is 0 Å². The summed E-state index contributed by atoms with van der Waals surface area (Å²) in [5.74, 6) is 0. The van der Waals surface area contributed by atoms with Gasteiger partial charge in [-0.3, -0.25) is 0 Å². The molecule has 1 aliphatic heterocycles.